The molecule has 2 atom stereocenters. The van der Waals surface area contributed by atoms with Gasteiger partial charge >= 0.3 is 0 Å². The Labute approximate surface area is 99.9 Å². The third kappa shape index (κ3) is 4.23. The lowest BCUT2D eigenvalue weighted by Crippen LogP contribution is -2.18. The average molecular weight is 240 g/mol. The molecule has 0 bridgehead atoms. The molecule has 4 heteroatoms. The Morgan fingerprint density at radius 1 is 1.50 bits per heavy atom. The second-order valence-electron chi connectivity index (χ2n) is 4.20. The van der Waals surface area contributed by atoms with E-state index in [0.29, 0.717) is 0 Å². The molecule has 0 saturated heterocycles. The normalized spacial score (nSPS) is 14.4. The van der Waals surface area contributed by atoms with Crippen molar-refractivity contribution in [2.24, 2.45) is 0 Å². The number of hydrogen-bond acceptors (Lipinski definition) is 3. The largest absolute Gasteiger partial charge is 0.397 e. The van der Waals surface area contributed by atoms with Gasteiger partial charge in [0.1, 0.15) is 0 Å². The molecule has 90 valence electrons. The molecule has 0 fully saturated rings. The predicted molar refractivity (Wildman–Crippen MR) is 72.2 cm³/mol. The molecule has 3 nitrogen and oxygen atoms in total. The van der Waals surface area contributed by atoms with Crippen LogP contribution in [0.2, 0.25) is 0 Å². The first-order valence-corrected chi connectivity index (χ1v) is 7.14. The van der Waals surface area contributed by atoms with E-state index in [0.717, 1.165) is 23.5 Å². The van der Waals surface area contributed by atoms with Crippen molar-refractivity contribution < 1.29 is 4.21 Å². The van der Waals surface area contributed by atoms with Gasteiger partial charge in [-0.2, -0.15) is 0 Å². The lowest BCUT2D eigenvalue weighted by atomic mass is 10.1. The second kappa shape index (κ2) is 5.89. The van der Waals surface area contributed by atoms with Crippen LogP contribution in [0.1, 0.15) is 18.9 Å². The Hall–Kier alpha value is -1.03. The van der Waals surface area contributed by atoms with E-state index in [4.69, 9.17) is 5.73 Å². The number of nitrogens with two attached hydrogens (primary N) is 1. The fraction of sp³-hybridized carbons (Fsp3) is 0.500. The molecule has 3 N–H and O–H groups in total. The molecule has 0 aliphatic rings. The molecule has 1 aromatic rings. The monoisotopic (exact) mass is 240 g/mol. The number of hydrogen-bond donors (Lipinski definition) is 2. The van der Waals surface area contributed by atoms with Crippen molar-refractivity contribution in [1.82, 2.24) is 0 Å². The molecule has 1 rings (SSSR count). The van der Waals surface area contributed by atoms with Gasteiger partial charge < -0.3 is 11.1 Å². The van der Waals surface area contributed by atoms with E-state index in [1.165, 1.54) is 5.56 Å². The molecular formula is C12H20N2OS. The molecule has 16 heavy (non-hydrogen) atoms. The van der Waals surface area contributed by atoms with Gasteiger partial charge in [-0.25, -0.2) is 0 Å². The summed E-state index contributed by atoms with van der Waals surface area (Å²) in [5, 5.41) is 3.35. The molecule has 0 aliphatic carbocycles. The van der Waals surface area contributed by atoms with Crippen molar-refractivity contribution in [3.63, 3.8) is 0 Å². The van der Waals surface area contributed by atoms with Gasteiger partial charge in [-0.3, -0.25) is 4.21 Å². The Morgan fingerprint density at radius 2 is 2.19 bits per heavy atom. The fourth-order valence-corrected chi connectivity index (χ4v) is 2.16. The zero-order chi connectivity index (χ0) is 12.1. The lowest BCUT2D eigenvalue weighted by molar-refractivity contribution is 0.678. The third-order valence-electron chi connectivity index (χ3n) is 2.45. The highest BCUT2D eigenvalue weighted by molar-refractivity contribution is 7.84. The van der Waals surface area contributed by atoms with Crippen molar-refractivity contribution in [1.29, 1.82) is 0 Å². The van der Waals surface area contributed by atoms with Gasteiger partial charge in [-0.15, -0.1) is 0 Å². The number of benzene rings is 1. The summed E-state index contributed by atoms with van der Waals surface area (Å²) >= 11 is 0. The molecule has 0 amide bonds. The number of rotatable bonds is 5. The van der Waals surface area contributed by atoms with Crippen molar-refractivity contribution in [2.75, 3.05) is 23.1 Å². The minimum absolute atomic E-state index is 0.285. The maximum atomic E-state index is 11.0. The van der Waals surface area contributed by atoms with Crippen LogP contribution in [0.3, 0.4) is 0 Å². The minimum Gasteiger partial charge on any atom is -0.397 e. The van der Waals surface area contributed by atoms with Crippen LogP contribution >= 0.6 is 0 Å². The molecule has 0 radical (unpaired) electrons. The summed E-state index contributed by atoms with van der Waals surface area (Å²) in [7, 11) is -0.725. The summed E-state index contributed by atoms with van der Waals surface area (Å²) in [5.74, 6) is 0.722. The molecule has 2 unspecified atom stereocenters. The van der Waals surface area contributed by atoms with Gasteiger partial charge in [0.15, 0.2) is 0 Å². The second-order valence-corrected chi connectivity index (χ2v) is 5.76. The summed E-state index contributed by atoms with van der Waals surface area (Å²) in [5.41, 5.74) is 8.78. The van der Waals surface area contributed by atoms with Gasteiger partial charge in [0, 0.05) is 28.9 Å². The third-order valence-corrected chi connectivity index (χ3v) is 3.26. The Morgan fingerprint density at radius 3 is 2.81 bits per heavy atom. The topological polar surface area (TPSA) is 55.1 Å². The molecular weight excluding hydrogens is 220 g/mol. The van der Waals surface area contributed by atoms with Crippen LogP contribution in [0.15, 0.2) is 18.2 Å². The van der Waals surface area contributed by atoms with Crippen molar-refractivity contribution in [2.45, 2.75) is 26.3 Å². The molecule has 0 heterocycles. The van der Waals surface area contributed by atoms with Crippen LogP contribution < -0.4 is 11.1 Å². The van der Waals surface area contributed by atoms with Gasteiger partial charge in [0.05, 0.1) is 11.4 Å². The number of aryl methyl sites for hydroxylation is 1. The maximum absolute atomic E-state index is 11.0. The Kier molecular flexibility index (Phi) is 4.80. The van der Waals surface area contributed by atoms with E-state index in [1.807, 2.05) is 25.1 Å². The quantitative estimate of drug-likeness (QED) is 0.775. The van der Waals surface area contributed by atoms with Crippen LogP contribution in [0.25, 0.3) is 0 Å². The highest BCUT2D eigenvalue weighted by Crippen LogP contribution is 2.20. The van der Waals surface area contributed by atoms with E-state index in [1.54, 1.807) is 6.26 Å². The fourth-order valence-electron chi connectivity index (χ4n) is 1.48. The van der Waals surface area contributed by atoms with Gasteiger partial charge in [0.25, 0.3) is 0 Å². The Bertz CT molecular complexity index is 379. The first kappa shape index (κ1) is 13.0. The number of anilines is 2. The minimum atomic E-state index is -0.725. The van der Waals surface area contributed by atoms with Gasteiger partial charge in [-0.05, 0) is 38.0 Å². The van der Waals surface area contributed by atoms with Gasteiger partial charge in [-0.1, -0.05) is 6.07 Å². The van der Waals surface area contributed by atoms with E-state index in [9.17, 15) is 4.21 Å². The highest BCUT2D eigenvalue weighted by atomic mass is 32.2. The van der Waals surface area contributed by atoms with E-state index >= 15 is 0 Å². The van der Waals surface area contributed by atoms with Crippen LogP contribution in [0.5, 0.6) is 0 Å². The maximum Gasteiger partial charge on any atom is 0.0578 e. The van der Waals surface area contributed by atoms with E-state index < -0.39 is 10.8 Å². The molecule has 0 saturated carbocycles. The van der Waals surface area contributed by atoms with Crippen LogP contribution in [0, 0.1) is 6.92 Å². The number of nitrogen functional groups attached to an aromatic ring is 1. The van der Waals surface area contributed by atoms with Crippen molar-refractivity contribution in [3.05, 3.63) is 23.8 Å². The van der Waals surface area contributed by atoms with Crippen LogP contribution in [-0.2, 0) is 10.8 Å². The first-order chi connectivity index (χ1) is 7.49. The molecule has 0 spiro atoms. The standard InChI is InChI=1S/C12H20N2OS/c1-9-4-5-11(13)12(8-9)14-10(2)6-7-16(3)15/h4-5,8,10,14H,6-7,13H2,1-3H3. The summed E-state index contributed by atoms with van der Waals surface area (Å²) in [6, 6.07) is 6.22. The molecule has 0 aromatic heterocycles. The summed E-state index contributed by atoms with van der Waals surface area (Å²) in [6.07, 6.45) is 2.62. The number of nitrogens with one attached hydrogen (secondary N) is 1. The SMILES string of the molecule is Cc1ccc(N)c(NC(C)CCS(C)=O)c1. The average Bonchev–Trinajstić information content (AvgIpc) is 2.20. The lowest BCUT2D eigenvalue weighted by Gasteiger charge is -2.16. The van der Waals surface area contributed by atoms with E-state index in [2.05, 4.69) is 12.2 Å². The first-order valence-electron chi connectivity index (χ1n) is 5.41. The van der Waals surface area contributed by atoms with Crippen molar-refractivity contribution >= 4 is 22.2 Å². The van der Waals surface area contributed by atoms with Crippen LogP contribution in [0.4, 0.5) is 11.4 Å². The zero-order valence-electron chi connectivity index (χ0n) is 10.1. The smallest absolute Gasteiger partial charge is 0.0578 e. The summed E-state index contributed by atoms with van der Waals surface area (Å²) in [4.78, 5) is 0. The zero-order valence-corrected chi connectivity index (χ0v) is 10.9. The predicted octanol–water partition coefficient (Wildman–Crippen LogP) is 2.15. The highest BCUT2D eigenvalue weighted by Gasteiger charge is 2.05. The Balaban J connectivity index is 2.58. The molecule has 0 aliphatic heterocycles. The van der Waals surface area contributed by atoms with Gasteiger partial charge in [0.2, 0.25) is 0 Å². The summed E-state index contributed by atoms with van der Waals surface area (Å²) < 4.78 is 11.0. The molecule has 1 aromatic carbocycles. The van der Waals surface area contributed by atoms with Crippen LogP contribution in [-0.4, -0.2) is 22.3 Å². The van der Waals surface area contributed by atoms with E-state index in [-0.39, 0.29) is 6.04 Å². The van der Waals surface area contributed by atoms with Crippen molar-refractivity contribution in [3.8, 4) is 0 Å². The summed E-state index contributed by atoms with van der Waals surface area (Å²) in [6.45, 7) is 4.12.